The predicted molar refractivity (Wildman–Crippen MR) is 75.5 cm³/mol. The van der Waals surface area contributed by atoms with E-state index in [4.69, 9.17) is 15.6 Å². The maximum absolute atomic E-state index is 12.1. The molecular formula is C13H16N4O9-2. The van der Waals surface area contributed by atoms with Crippen molar-refractivity contribution in [3.63, 3.8) is 0 Å². The molecule has 26 heavy (non-hydrogen) atoms. The van der Waals surface area contributed by atoms with Crippen LogP contribution in [0.1, 0.15) is 23.1 Å². The first-order valence-electron chi connectivity index (χ1n) is 7.33. The molecule has 1 aliphatic heterocycles. The molecule has 0 aromatic carbocycles. The summed E-state index contributed by atoms with van der Waals surface area (Å²) in [5.41, 5.74) is 5.28. The third-order valence-electron chi connectivity index (χ3n) is 3.80. The van der Waals surface area contributed by atoms with Crippen LogP contribution >= 0.6 is 0 Å². The molecule has 13 heteroatoms. The Labute approximate surface area is 145 Å². The highest BCUT2D eigenvalue weighted by Crippen LogP contribution is 2.31. The van der Waals surface area contributed by atoms with Gasteiger partial charge in [0.2, 0.25) is 0 Å². The van der Waals surface area contributed by atoms with Crippen molar-refractivity contribution in [2.75, 3.05) is 12.3 Å². The molecule has 0 radical (unpaired) electrons. The van der Waals surface area contributed by atoms with E-state index in [9.17, 15) is 34.8 Å². The quantitative estimate of drug-likeness (QED) is 0.303. The minimum Gasteiger partial charge on any atom is -0.550 e. The number of hydrogen-bond acceptors (Lipinski definition) is 11. The van der Waals surface area contributed by atoms with Crippen LogP contribution < -0.4 is 21.3 Å². The van der Waals surface area contributed by atoms with Crippen LogP contribution in [0.3, 0.4) is 0 Å². The Hall–Kier alpha value is -2.74. The fourth-order valence-corrected chi connectivity index (χ4v) is 2.44. The first kappa shape index (κ1) is 19.6. The summed E-state index contributed by atoms with van der Waals surface area (Å²) in [5, 5.41) is 52.0. The van der Waals surface area contributed by atoms with Crippen LogP contribution in [0.4, 0.5) is 5.82 Å². The van der Waals surface area contributed by atoms with Crippen LogP contribution in [0.2, 0.25) is 0 Å². The van der Waals surface area contributed by atoms with Gasteiger partial charge in [-0.3, -0.25) is 9.36 Å². The SMILES string of the molecule is Nc1c(C(=O)N[C@@H](CC(=O)[O-])C(=O)[O-])ncn1[C@@H]1O[C@H](CO)[C@@H](O)[C@H]1O. The molecule has 0 aliphatic carbocycles. The van der Waals surface area contributed by atoms with E-state index >= 15 is 0 Å². The zero-order chi connectivity index (χ0) is 19.6. The van der Waals surface area contributed by atoms with Crippen molar-refractivity contribution in [1.29, 1.82) is 0 Å². The van der Waals surface area contributed by atoms with E-state index in [1.165, 1.54) is 0 Å². The largest absolute Gasteiger partial charge is 0.550 e. The van der Waals surface area contributed by atoms with Gasteiger partial charge in [-0.05, 0) is 0 Å². The van der Waals surface area contributed by atoms with Gasteiger partial charge in [0.1, 0.15) is 24.1 Å². The molecule has 1 aromatic rings. The van der Waals surface area contributed by atoms with Gasteiger partial charge < -0.3 is 50.9 Å². The molecule has 0 unspecified atom stereocenters. The minimum atomic E-state index is -1.87. The van der Waals surface area contributed by atoms with Gasteiger partial charge in [0.25, 0.3) is 5.91 Å². The zero-order valence-corrected chi connectivity index (χ0v) is 13.1. The number of nitrogens with zero attached hydrogens (tertiary/aromatic N) is 2. The van der Waals surface area contributed by atoms with E-state index in [0.717, 1.165) is 10.9 Å². The number of rotatable bonds is 7. The Kier molecular flexibility index (Phi) is 5.76. The first-order chi connectivity index (χ1) is 12.2. The van der Waals surface area contributed by atoms with E-state index in [1.807, 2.05) is 5.32 Å². The summed E-state index contributed by atoms with van der Waals surface area (Å²) in [7, 11) is 0. The minimum absolute atomic E-state index is 0.345. The summed E-state index contributed by atoms with van der Waals surface area (Å²) >= 11 is 0. The number of carbonyl (C=O) groups is 3. The standard InChI is InChI=1S/C13H18N4O9/c14-10-7(11(23)16-4(13(24)25)1-6(19)20)15-3-17(10)12-9(22)8(21)5(2-18)26-12/h3-5,8-9,12,18,21-22H,1-2,14H2,(H,16,23)(H,19,20)(H,24,25)/p-2/t4-,5+,8+,9+,12+/m0/s1. The van der Waals surface area contributed by atoms with E-state index < -0.39 is 67.1 Å². The highest BCUT2D eigenvalue weighted by atomic mass is 16.6. The number of hydrogen-bond donors (Lipinski definition) is 5. The van der Waals surface area contributed by atoms with Gasteiger partial charge >= 0.3 is 0 Å². The summed E-state index contributed by atoms with van der Waals surface area (Å²) in [6.07, 6.45) is -5.25. The van der Waals surface area contributed by atoms with E-state index in [2.05, 4.69) is 4.98 Å². The normalized spacial score (nSPS) is 26.4. The summed E-state index contributed by atoms with van der Waals surface area (Å²) < 4.78 is 6.24. The lowest BCUT2D eigenvalue weighted by Gasteiger charge is -2.20. The summed E-state index contributed by atoms with van der Waals surface area (Å²) in [5.74, 6) is -5.01. The number of nitrogens with one attached hydrogen (secondary N) is 1. The van der Waals surface area contributed by atoms with Gasteiger partial charge in [0.15, 0.2) is 11.9 Å². The molecule has 0 bridgehead atoms. The average molecular weight is 372 g/mol. The number of aliphatic hydroxyl groups excluding tert-OH is 3. The van der Waals surface area contributed by atoms with Crippen molar-refractivity contribution >= 4 is 23.7 Å². The lowest BCUT2D eigenvalue weighted by molar-refractivity contribution is -0.317. The van der Waals surface area contributed by atoms with Gasteiger partial charge in [-0.15, -0.1) is 0 Å². The van der Waals surface area contributed by atoms with Crippen molar-refractivity contribution in [3.8, 4) is 0 Å². The number of aliphatic hydroxyl groups is 3. The summed E-state index contributed by atoms with van der Waals surface area (Å²) in [6.45, 7) is -0.576. The third-order valence-corrected chi connectivity index (χ3v) is 3.80. The Morgan fingerprint density at radius 1 is 1.35 bits per heavy atom. The van der Waals surface area contributed by atoms with Crippen LogP contribution in [0.5, 0.6) is 0 Å². The molecule has 1 amide bonds. The Morgan fingerprint density at radius 2 is 2.00 bits per heavy atom. The number of carboxylic acid groups (broad SMARTS) is 2. The van der Waals surface area contributed by atoms with Crippen molar-refractivity contribution in [1.82, 2.24) is 14.9 Å². The van der Waals surface area contributed by atoms with Crippen LogP contribution in [0, 0.1) is 0 Å². The second kappa shape index (κ2) is 7.65. The summed E-state index contributed by atoms with van der Waals surface area (Å²) in [6, 6.07) is -1.87. The fourth-order valence-electron chi connectivity index (χ4n) is 2.44. The van der Waals surface area contributed by atoms with Crippen molar-refractivity contribution < 1.29 is 44.7 Å². The maximum Gasteiger partial charge on any atom is 0.274 e. The van der Waals surface area contributed by atoms with Gasteiger partial charge in [-0.2, -0.15) is 0 Å². The average Bonchev–Trinajstić information content (AvgIpc) is 3.07. The van der Waals surface area contributed by atoms with Crippen LogP contribution in [-0.2, 0) is 14.3 Å². The Bertz CT molecular complexity index is 706. The van der Waals surface area contributed by atoms with Gasteiger partial charge in [0.05, 0.1) is 24.9 Å². The molecule has 1 fully saturated rings. The number of aromatic nitrogens is 2. The first-order valence-corrected chi connectivity index (χ1v) is 7.33. The molecule has 1 saturated heterocycles. The molecule has 13 nitrogen and oxygen atoms in total. The smallest absolute Gasteiger partial charge is 0.274 e. The molecule has 144 valence electrons. The van der Waals surface area contributed by atoms with Gasteiger partial charge in [0, 0.05) is 12.4 Å². The predicted octanol–water partition coefficient (Wildman–Crippen LogP) is -5.93. The lowest BCUT2D eigenvalue weighted by Crippen LogP contribution is -2.50. The second-order valence-corrected chi connectivity index (χ2v) is 5.54. The molecule has 5 atom stereocenters. The molecular weight excluding hydrogens is 356 g/mol. The lowest BCUT2D eigenvalue weighted by atomic mass is 10.1. The van der Waals surface area contributed by atoms with Crippen molar-refractivity contribution in [3.05, 3.63) is 12.0 Å². The number of anilines is 1. The number of ether oxygens (including phenoxy) is 1. The highest BCUT2D eigenvalue weighted by molar-refractivity contribution is 5.99. The number of imidazole rings is 1. The number of amides is 1. The molecule has 6 N–H and O–H groups in total. The van der Waals surface area contributed by atoms with Crippen LogP contribution in [-0.4, -0.2) is 73.7 Å². The molecule has 0 saturated carbocycles. The Morgan fingerprint density at radius 3 is 2.50 bits per heavy atom. The number of nitrogens with two attached hydrogens (primary N) is 1. The molecule has 1 aliphatic rings. The molecule has 1 aromatic heterocycles. The number of nitrogen functional groups attached to an aromatic ring is 1. The zero-order valence-electron chi connectivity index (χ0n) is 13.1. The van der Waals surface area contributed by atoms with Crippen molar-refractivity contribution in [2.24, 2.45) is 0 Å². The van der Waals surface area contributed by atoms with E-state index in [1.54, 1.807) is 0 Å². The van der Waals surface area contributed by atoms with E-state index in [-0.39, 0.29) is 5.82 Å². The van der Waals surface area contributed by atoms with Crippen LogP contribution in [0.15, 0.2) is 6.33 Å². The third kappa shape index (κ3) is 3.75. The molecule has 2 rings (SSSR count). The van der Waals surface area contributed by atoms with Gasteiger partial charge in [-0.25, -0.2) is 4.98 Å². The van der Waals surface area contributed by atoms with Gasteiger partial charge in [-0.1, -0.05) is 0 Å². The monoisotopic (exact) mass is 372 g/mol. The van der Waals surface area contributed by atoms with E-state index in [0.29, 0.717) is 0 Å². The topological polar surface area (TPSA) is 223 Å². The molecule has 0 spiro atoms. The van der Waals surface area contributed by atoms with Crippen LogP contribution in [0.25, 0.3) is 0 Å². The Balaban J connectivity index is 2.19. The van der Waals surface area contributed by atoms with Crippen molar-refractivity contribution in [2.45, 2.75) is 37.0 Å². The molecule has 2 heterocycles. The number of aliphatic carboxylic acids is 2. The number of carbonyl (C=O) groups excluding carboxylic acids is 3. The fraction of sp³-hybridized carbons (Fsp3) is 0.538. The number of carboxylic acids is 2. The summed E-state index contributed by atoms with van der Waals surface area (Å²) in [4.78, 5) is 37.2. The second-order valence-electron chi connectivity index (χ2n) is 5.54. The maximum atomic E-state index is 12.1. The highest BCUT2D eigenvalue weighted by Gasteiger charge is 2.44.